The molecule has 0 unspecified atom stereocenters. The fourth-order valence-corrected chi connectivity index (χ4v) is 4.71. The number of hydrogen-bond acceptors (Lipinski definition) is 9. The Labute approximate surface area is 240 Å². The first-order valence-corrected chi connectivity index (χ1v) is 12.7. The number of nitro benzene ring substituents is 1. The monoisotopic (exact) mass is 578 g/mol. The summed E-state index contributed by atoms with van der Waals surface area (Å²) >= 11 is 6.38. The molecule has 4 aromatic rings. The van der Waals surface area contributed by atoms with Gasteiger partial charge in [-0.15, -0.1) is 0 Å². The van der Waals surface area contributed by atoms with Gasteiger partial charge in [-0.2, -0.15) is 0 Å². The molecular weight excluding hydrogens is 552 g/mol. The predicted octanol–water partition coefficient (Wildman–Crippen LogP) is 5.11. The summed E-state index contributed by atoms with van der Waals surface area (Å²) in [7, 11) is 4.32. The first-order valence-electron chi connectivity index (χ1n) is 12.3. The average Bonchev–Trinajstić information content (AvgIpc) is 2.97. The van der Waals surface area contributed by atoms with Gasteiger partial charge in [-0.25, -0.2) is 9.78 Å². The van der Waals surface area contributed by atoms with Crippen molar-refractivity contribution in [1.82, 2.24) is 9.55 Å². The smallest absolute Gasteiger partial charge is 0.347 e. The van der Waals surface area contributed by atoms with Crippen molar-refractivity contribution >= 4 is 29.1 Å². The molecule has 1 aromatic heterocycles. The largest absolute Gasteiger partial charge is 0.497 e. The number of non-ortho nitro benzene ring substituents is 1. The second-order valence-corrected chi connectivity index (χ2v) is 9.42. The third-order valence-electron chi connectivity index (χ3n) is 6.40. The van der Waals surface area contributed by atoms with Gasteiger partial charge in [-0.3, -0.25) is 19.5 Å². The van der Waals surface area contributed by atoms with E-state index in [2.05, 4.69) is 4.98 Å². The van der Waals surface area contributed by atoms with Crippen LogP contribution in [-0.4, -0.2) is 41.8 Å². The van der Waals surface area contributed by atoms with Gasteiger partial charge in [0.2, 0.25) is 0 Å². The predicted molar refractivity (Wildman–Crippen MR) is 153 cm³/mol. The number of nitro groups is 1. The molecule has 0 aliphatic rings. The number of hydrogen-bond donors (Lipinski definition) is 0. The highest BCUT2D eigenvalue weighted by Crippen LogP contribution is 2.30. The lowest BCUT2D eigenvalue weighted by molar-refractivity contribution is -0.384. The molecule has 41 heavy (non-hydrogen) atoms. The van der Waals surface area contributed by atoms with Gasteiger partial charge < -0.3 is 19.1 Å². The molecule has 3 aromatic carbocycles. The number of carbonyl (C=O) groups is 1. The van der Waals surface area contributed by atoms with E-state index in [9.17, 15) is 19.7 Å². The third kappa shape index (κ3) is 6.30. The number of carbonyl (C=O) groups excluding carboxylic acids is 1. The van der Waals surface area contributed by atoms with Gasteiger partial charge in [-0.1, -0.05) is 35.9 Å². The number of aromatic nitrogens is 2. The van der Waals surface area contributed by atoms with Gasteiger partial charge in [0, 0.05) is 25.2 Å². The Morgan fingerprint density at radius 1 is 0.976 bits per heavy atom. The molecular formula is C29H27ClN4O7. The lowest BCUT2D eigenvalue weighted by Crippen LogP contribution is -2.33. The van der Waals surface area contributed by atoms with E-state index in [0.29, 0.717) is 17.1 Å². The summed E-state index contributed by atoms with van der Waals surface area (Å²) in [6.45, 7) is 2.15. The molecule has 0 amide bonds. The van der Waals surface area contributed by atoms with Crippen molar-refractivity contribution in [2.75, 3.05) is 26.2 Å². The van der Waals surface area contributed by atoms with Crippen LogP contribution in [0, 0.1) is 17.0 Å². The van der Waals surface area contributed by atoms with Crippen molar-refractivity contribution in [3.05, 3.63) is 115 Å². The van der Waals surface area contributed by atoms with Crippen molar-refractivity contribution in [2.24, 2.45) is 0 Å². The molecule has 0 saturated carbocycles. The van der Waals surface area contributed by atoms with Crippen LogP contribution in [0.5, 0.6) is 11.5 Å². The molecule has 0 atom stereocenters. The first-order chi connectivity index (χ1) is 19.7. The number of benzene rings is 3. The molecule has 0 saturated heterocycles. The zero-order chi connectivity index (χ0) is 29.7. The van der Waals surface area contributed by atoms with Crippen molar-refractivity contribution < 1.29 is 23.9 Å². The van der Waals surface area contributed by atoms with Crippen LogP contribution in [-0.2, 0) is 17.8 Å². The van der Waals surface area contributed by atoms with E-state index in [0.717, 1.165) is 21.8 Å². The number of rotatable bonds is 10. The van der Waals surface area contributed by atoms with Gasteiger partial charge in [0.05, 0.1) is 37.0 Å². The van der Waals surface area contributed by atoms with Gasteiger partial charge >= 0.3 is 5.97 Å². The van der Waals surface area contributed by atoms with Crippen LogP contribution >= 0.6 is 11.6 Å². The van der Waals surface area contributed by atoms with E-state index in [-0.39, 0.29) is 40.9 Å². The molecule has 11 nitrogen and oxygen atoms in total. The van der Waals surface area contributed by atoms with Crippen molar-refractivity contribution in [2.45, 2.75) is 20.0 Å². The Kier molecular flexibility index (Phi) is 8.88. The molecule has 4 rings (SSSR count). The molecule has 0 spiro atoms. The minimum Gasteiger partial charge on any atom is -0.497 e. The molecule has 0 aliphatic carbocycles. The van der Waals surface area contributed by atoms with Crippen LogP contribution < -0.4 is 19.9 Å². The summed E-state index contributed by atoms with van der Waals surface area (Å²) in [6.07, 6.45) is 1.25. The van der Waals surface area contributed by atoms with Crippen molar-refractivity contribution in [3.63, 3.8) is 0 Å². The van der Waals surface area contributed by atoms with Gasteiger partial charge in [-0.05, 0) is 47.9 Å². The standard InChI is InChI=1S/C29H27ClN4O7/c1-18-13-21(34(37)38)14-24(30)26(18)33-17-31-27(25(28(33)35)29(36)41-4)32(15-19-5-9-22(39-2)10-6-19)16-20-7-11-23(40-3)12-8-20/h5-14,17H,15-16H2,1-4H3. The Morgan fingerprint density at radius 3 is 1.95 bits per heavy atom. The lowest BCUT2D eigenvalue weighted by atomic mass is 10.1. The number of methoxy groups -OCH3 is 3. The quantitative estimate of drug-likeness (QED) is 0.143. The zero-order valence-electron chi connectivity index (χ0n) is 22.8. The number of anilines is 1. The molecule has 0 radical (unpaired) electrons. The Morgan fingerprint density at radius 2 is 1.51 bits per heavy atom. The molecule has 0 fully saturated rings. The SMILES string of the molecule is COC(=O)c1c(N(Cc2ccc(OC)cc2)Cc2ccc(OC)cc2)ncn(-c2c(C)cc([N+](=O)[O-])cc2Cl)c1=O. The van der Waals surface area contributed by atoms with Gasteiger partial charge in [0.25, 0.3) is 11.2 Å². The van der Waals surface area contributed by atoms with Crippen LogP contribution in [0.3, 0.4) is 0 Å². The molecule has 0 aliphatic heterocycles. The molecule has 1 heterocycles. The zero-order valence-corrected chi connectivity index (χ0v) is 23.5. The maximum atomic E-state index is 13.9. The maximum absolute atomic E-state index is 13.9. The lowest BCUT2D eigenvalue weighted by Gasteiger charge is -2.26. The Balaban J connectivity index is 1.87. The highest BCUT2D eigenvalue weighted by molar-refractivity contribution is 6.32. The minimum absolute atomic E-state index is 0.0440. The molecule has 0 bridgehead atoms. The number of nitrogens with zero attached hydrogens (tertiary/aromatic N) is 4. The van der Waals surface area contributed by atoms with Crippen molar-refractivity contribution in [1.29, 1.82) is 0 Å². The van der Waals surface area contributed by atoms with Gasteiger partial charge in [0.15, 0.2) is 11.4 Å². The summed E-state index contributed by atoms with van der Waals surface area (Å²) < 4.78 is 16.6. The normalized spacial score (nSPS) is 10.7. The second kappa shape index (κ2) is 12.5. The van der Waals surface area contributed by atoms with Crippen LogP contribution in [0.4, 0.5) is 11.5 Å². The fourth-order valence-electron chi connectivity index (χ4n) is 4.36. The highest BCUT2D eigenvalue weighted by Gasteiger charge is 2.27. The maximum Gasteiger partial charge on any atom is 0.347 e. The van der Waals surface area contributed by atoms with Crippen LogP contribution in [0.25, 0.3) is 5.69 Å². The average molecular weight is 579 g/mol. The third-order valence-corrected chi connectivity index (χ3v) is 6.68. The summed E-state index contributed by atoms with van der Waals surface area (Å²) in [5.74, 6) is 0.570. The number of aryl methyl sites for hydroxylation is 1. The van der Waals surface area contributed by atoms with Gasteiger partial charge in [0.1, 0.15) is 17.8 Å². The van der Waals surface area contributed by atoms with E-state index in [1.165, 1.54) is 19.5 Å². The van der Waals surface area contributed by atoms with Crippen LogP contribution in [0.1, 0.15) is 27.0 Å². The Hall–Kier alpha value is -4.90. The van der Waals surface area contributed by atoms with Crippen LogP contribution in [0.15, 0.2) is 71.8 Å². The van der Waals surface area contributed by atoms with E-state index in [1.54, 1.807) is 26.0 Å². The van der Waals surface area contributed by atoms with E-state index in [4.69, 9.17) is 25.8 Å². The van der Waals surface area contributed by atoms with Crippen LogP contribution in [0.2, 0.25) is 5.02 Å². The second-order valence-electron chi connectivity index (χ2n) is 9.01. The number of ether oxygens (including phenoxy) is 3. The topological polar surface area (TPSA) is 126 Å². The molecule has 0 N–H and O–H groups in total. The molecule has 12 heteroatoms. The minimum atomic E-state index is -0.892. The number of esters is 1. The number of halogens is 1. The highest BCUT2D eigenvalue weighted by atomic mass is 35.5. The van der Waals surface area contributed by atoms with E-state index in [1.807, 2.05) is 48.5 Å². The Bertz CT molecular complexity index is 1560. The first kappa shape index (κ1) is 29.1. The van der Waals surface area contributed by atoms with E-state index < -0.39 is 16.5 Å². The fraction of sp³-hybridized carbons (Fsp3) is 0.207. The summed E-state index contributed by atoms with van der Waals surface area (Å²) in [6, 6.07) is 17.2. The van der Waals surface area contributed by atoms with E-state index >= 15 is 0 Å². The van der Waals surface area contributed by atoms with Crippen molar-refractivity contribution in [3.8, 4) is 17.2 Å². The summed E-state index contributed by atoms with van der Waals surface area (Å²) in [5, 5.41) is 11.2. The summed E-state index contributed by atoms with van der Waals surface area (Å²) in [4.78, 5) is 43.9. The molecule has 212 valence electrons. The summed E-state index contributed by atoms with van der Waals surface area (Å²) in [5.41, 5.74) is 0.979.